The molecular formula is C29H36N2O6S. The molecule has 1 N–H and O–H groups in total. The van der Waals surface area contributed by atoms with Crippen LogP contribution in [0.4, 0.5) is 0 Å². The zero-order valence-electron chi connectivity index (χ0n) is 21.8. The van der Waals surface area contributed by atoms with E-state index >= 15 is 0 Å². The van der Waals surface area contributed by atoms with Crippen molar-refractivity contribution in [2.45, 2.75) is 89.4 Å². The van der Waals surface area contributed by atoms with Gasteiger partial charge in [-0.25, -0.2) is 9.78 Å². The quantitative estimate of drug-likeness (QED) is 0.142. The Hall–Kier alpha value is -3.07. The van der Waals surface area contributed by atoms with Crippen LogP contribution in [-0.4, -0.2) is 51.1 Å². The van der Waals surface area contributed by atoms with Crippen LogP contribution in [0.15, 0.2) is 42.7 Å². The normalized spacial score (nSPS) is 22.9. The SMILES string of the molecule is CCCCCCCC(CC[C@@H]1[C@H]2CC(=O)O[C@H]2C[C@H]1OC(=O)c1ccccc1)OC(=S)C(=O)c1ncc[nH]1. The number of aromatic nitrogens is 2. The highest BCUT2D eigenvalue weighted by Crippen LogP contribution is 2.45. The predicted molar refractivity (Wildman–Crippen MR) is 145 cm³/mol. The minimum absolute atomic E-state index is 0.00187. The largest absolute Gasteiger partial charge is 0.477 e. The Morgan fingerprint density at radius 1 is 1.16 bits per heavy atom. The van der Waals surface area contributed by atoms with E-state index in [-0.39, 0.29) is 53.0 Å². The molecule has 204 valence electrons. The maximum atomic E-state index is 12.8. The van der Waals surface area contributed by atoms with Crippen molar-refractivity contribution in [2.24, 2.45) is 11.8 Å². The Bertz CT molecular complexity index is 1090. The van der Waals surface area contributed by atoms with Crippen molar-refractivity contribution in [3.63, 3.8) is 0 Å². The summed E-state index contributed by atoms with van der Waals surface area (Å²) in [6.45, 7) is 2.18. The van der Waals surface area contributed by atoms with Crippen molar-refractivity contribution < 1.29 is 28.6 Å². The Kier molecular flexibility index (Phi) is 10.0. The average Bonchev–Trinajstić information content (AvgIpc) is 3.64. The number of carbonyl (C=O) groups is 3. The number of benzene rings is 1. The molecule has 2 fully saturated rings. The highest BCUT2D eigenvalue weighted by Gasteiger charge is 2.51. The number of carbonyl (C=O) groups excluding carboxylic acids is 3. The van der Waals surface area contributed by atoms with Crippen LogP contribution in [0.2, 0.25) is 0 Å². The first-order valence-corrected chi connectivity index (χ1v) is 14.1. The number of aromatic amines is 1. The van der Waals surface area contributed by atoms with E-state index in [2.05, 4.69) is 16.9 Å². The van der Waals surface area contributed by atoms with E-state index in [0.29, 0.717) is 31.2 Å². The van der Waals surface area contributed by atoms with E-state index in [0.717, 1.165) is 32.1 Å². The van der Waals surface area contributed by atoms with Gasteiger partial charge in [0.15, 0.2) is 5.82 Å². The summed E-state index contributed by atoms with van der Waals surface area (Å²) >= 11 is 5.33. The zero-order chi connectivity index (χ0) is 26.9. The minimum Gasteiger partial charge on any atom is -0.477 e. The number of hydrogen-bond acceptors (Lipinski definition) is 8. The van der Waals surface area contributed by atoms with Gasteiger partial charge in [-0.15, -0.1) is 0 Å². The van der Waals surface area contributed by atoms with Crippen molar-refractivity contribution in [3.8, 4) is 0 Å². The molecule has 8 nitrogen and oxygen atoms in total. The van der Waals surface area contributed by atoms with Gasteiger partial charge in [0.05, 0.1) is 18.1 Å². The first kappa shape index (κ1) is 28.0. The molecule has 1 unspecified atom stereocenters. The molecule has 0 spiro atoms. The van der Waals surface area contributed by atoms with E-state index in [9.17, 15) is 14.4 Å². The molecule has 5 atom stereocenters. The molecule has 0 radical (unpaired) electrons. The number of esters is 2. The van der Waals surface area contributed by atoms with Crippen molar-refractivity contribution >= 4 is 35.0 Å². The van der Waals surface area contributed by atoms with Gasteiger partial charge >= 0.3 is 11.9 Å². The van der Waals surface area contributed by atoms with Gasteiger partial charge in [-0.05, 0) is 50.0 Å². The summed E-state index contributed by atoms with van der Waals surface area (Å²) in [4.78, 5) is 44.3. The van der Waals surface area contributed by atoms with Gasteiger partial charge < -0.3 is 19.2 Å². The third-order valence-corrected chi connectivity index (χ3v) is 7.83. The van der Waals surface area contributed by atoms with Crippen LogP contribution in [0.3, 0.4) is 0 Å². The summed E-state index contributed by atoms with van der Waals surface area (Å²) in [6.07, 6.45) is 10.7. The maximum Gasteiger partial charge on any atom is 0.338 e. The van der Waals surface area contributed by atoms with Crippen LogP contribution in [0.5, 0.6) is 0 Å². The molecular weight excluding hydrogens is 504 g/mol. The van der Waals surface area contributed by atoms with Crippen LogP contribution in [0.25, 0.3) is 0 Å². The lowest BCUT2D eigenvalue weighted by Crippen LogP contribution is -2.29. The van der Waals surface area contributed by atoms with Crippen LogP contribution in [0, 0.1) is 11.8 Å². The summed E-state index contributed by atoms with van der Waals surface area (Å²) < 4.78 is 17.5. The molecule has 1 saturated heterocycles. The van der Waals surface area contributed by atoms with Gasteiger partial charge in [0.2, 0.25) is 5.05 Å². The topological polar surface area (TPSA) is 108 Å². The monoisotopic (exact) mass is 540 g/mol. The second-order valence-electron chi connectivity index (χ2n) is 10.2. The fraction of sp³-hybridized carbons (Fsp3) is 0.552. The summed E-state index contributed by atoms with van der Waals surface area (Å²) in [7, 11) is 0. The lowest BCUT2D eigenvalue weighted by molar-refractivity contribution is -0.141. The first-order chi connectivity index (χ1) is 18.5. The number of H-pyrrole nitrogens is 1. The van der Waals surface area contributed by atoms with Crippen molar-refractivity contribution in [1.82, 2.24) is 9.97 Å². The van der Waals surface area contributed by atoms with Gasteiger partial charge in [-0.3, -0.25) is 9.59 Å². The number of thiocarbonyl (C=S) groups is 1. The van der Waals surface area contributed by atoms with E-state index in [1.807, 2.05) is 6.07 Å². The van der Waals surface area contributed by atoms with E-state index in [1.54, 1.807) is 30.5 Å². The molecule has 1 saturated carbocycles. The summed E-state index contributed by atoms with van der Waals surface area (Å²) in [5.41, 5.74) is 0.496. The number of ketones is 1. The molecule has 9 heteroatoms. The van der Waals surface area contributed by atoms with Crippen molar-refractivity contribution in [1.29, 1.82) is 0 Å². The fourth-order valence-corrected chi connectivity index (χ4v) is 5.81. The number of ether oxygens (including phenoxy) is 3. The third kappa shape index (κ3) is 7.28. The molecule has 1 aromatic carbocycles. The maximum absolute atomic E-state index is 12.8. The molecule has 0 amide bonds. The van der Waals surface area contributed by atoms with Crippen LogP contribution in [0.1, 0.15) is 92.1 Å². The Morgan fingerprint density at radius 3 is 2.68 bits per heavy atom. The number of fused-ring (bicyclic) bond motifs is 1. The number of nitrogens with one attached hydrogen (secondary N) is 1. The number of unbranched alkanes of at least 4 members (excludes halogenated alkanes) is 4. The lowest BCUT2D eigenvalue weighted by atomic mass is 9.86. The highest BCUT2D eigenvalue weighted by atomic mass is 32.1. The zero-order valence-corrected chi connectivity index (χ0v) is 22.6. The summed E-state index contributed by atoms with van der Waals surface area (Å²) in [6, 6.07) is 8.91. The minimum atomic E-state index is -0.439. The Labute approximate surface area is 228 Å². The summed E-state index contributed by atoms with van der Waals surface area (Å²) in [5.74, 6) is -0.901. The van der Waals surface area contributed by atoms with Gasteiger partial charge in [0, 0.05) is 30.7 Å². The molecule has 2 heterocycles. The molecule has 2 aliphatic rings. The fourth-order valence-electron chi connectivity index (χ4n) is 5.58. The van der Waals surface area contributed by atoms with Crippen LogP contribution in [-0.2, 0) is 19.0 Å². The second-order valence-corrected chi connectivity index (χ2v) is 10.6. The van der Waals surface area contributed by atoms with E-state index in [1.165, 1.54) is 12.6 Å². The van der Waals surface area contributed by atoms with E-state index in [4.69, 9.17) is 26.4 Å². The van der Waals surface area contributed by atoms with Crippen molar-refractivity contribution in [3.05, 3.63) is 54.1 Å². The molecule has 4 rings (SSSR count). The number of rotatable bonds is 14. The smallest absolute Gasteiger partial charge is 0.338 e. The first-order valence-electron chi connectivity index (χ1n) is 13.7. The molecule has 1 aliphatic heterocycles. The van der Waals surface area contributed by atoms with E-state index < -0.39 is 5.78 Å². The predicted octanol–water partition coefficient (Wildman–Crippen LogP) is 5.62. The van der Waals surface area contributed by atoms with Gasteiger partial charge in [0.25, 0.3) is 5.78 Å². The number of hydrogen-bond donors (Lipinski definition) is 1. The van der Waals surface area contributed by atoms with Crippen LogP contribution >= 0.6 is 12.2 Å². The second kappa shape index (κ2) is 13.6. The Balaban J connectivity index is 1.41. The highest BCUT2D eigenvalue weighted by molar-refractivity contribution is 7.81. The average molecular weight is 541 g/mol. The molecule has 1 aromatic heterocycles. The van der Waals surface area contributed by atoms with Gasteiger partial charge in [0.1, 0.15) is 12.2 Å². The number of Topliss-reactive ketones (excluding diaryl/α,β-unsaturated/α-hetero) is 1. The standard InChI is InChI=1S/C29H36N2O6S/c1-2-3-4-5-9-12-20(35-29(38)26(33)27-30-15-16-31-27)13-14-21-22-17-25(32)36-24(22)18-23(21)37-28(34)19-10-7-6-8-11-19/h6-8,10-11,15-16,20-24H,2-5,9,12-14,17-18H2,1H3,(H,30,31)/t20?,21-,22-,23-,24+/m1/s1. The molecule has 1 aliphatic carbocycles. The van der Waals surface area contributed by atoms with Gasteiger partial charge in [-0.1, -0.05) is 50.8 Å². The number of nitrogens with zero attached hydrogens (tertiary/aromatic N) is 1. The molecule has 0 bridgehead atoms. The summed E-state index contributed by atoms with van der Waals surface area (Å²) in [5, 5.41) is -0.103. The van der Waals surface area contributed by atoms with Gasteiger partial charge in [-0.2, -0.15) is 0 Å². The Morgan fingerprint density at radius 2 is 1.95 bits per heavy atom. The molecule has 38 heavy (non-hydrogen) atoms. The molecule has 2 aromatic rings. The van der Waals surface area contributed by atoms with Crippen molar-refractivity contribution in [2.75, 3.05) is 0 Å². The third-order valence-electron chi connectivity index (χ3n) is 7.55. The van der Waals surface area contributed by atoms with Crippen LogP contribution < -0.4 is 0 Å². The number of imidazole rings is 1. The lowest BCUT2D eigenvalue weighted by Gasteiger charge is -2.26.